The Morgan fingerprint density at radius 3 is 2.54 bits per heavy atom. The van der Waals surface area contributed by atoms with Crippen molar-refractivity contribution in [1.29, 1.82) is 0 Å². The number of hydrogen-bond donors (Lipinski definition) is 1. The lowest BCUT2D eigenvalue weighted by atomic mass is 9.98. The van der Waals surface area contributed by atoms with Gasteiger partial charge in [0.05, 0.1) is 18.4 Å². The summed E-state index contributed by atoms with van der Waals surface area (Å²) in [6.07, 6.45) is 7.52. The fraction of sp³-hybridized carbons (Fsp3) is 0.452. The van der Waals surface area contributed by atoms with E-state index in [2.05, 4.69) is 33.6 Å². The number of methoxy groups -OCH3 is 1. The second-order valence-electron chi connectivity index (χ2n) is 10.7. The van der Waals surface area contributed by atoms with Gasteiger partial charge in [-0.1, -0.05) is 0 Å². The van der Waals surface area contributed by atoms with Crippen molar-refractivity contribution in [3.63, 3.8) is 0 Å². The van der Waals surface area contributed by atoms with Gasteiger partial charge in [0.2, 0.25) is 0 Å². The Kier molecular flexibility index (Phi) is 9.17. The van der Waals surface area contributed by atoms with E-state index in [9.17, 15) is 9.18 Å². The van der Waals surface area contributed by atoms with Gasteiger partial charge >= 0.3 is 0 Å². The smallest absolute Gasteiger partial charge is 0.250 e. The average Bonchev–Trinajstić information content (AvgIpc) is 2.91. The zero-order valence-corrected chi connectivity index (χ0v) is 23.7. The van der Waals surface area contributed by atoms with Crippen molar-refractivity contribution in [1.82, 2.24) is 14.9 Å². The fourth-order valence-electron chi connectivity index (χ4n) is 5.70. The number of nitrogens with two attached hydrogens (primary N) is 1. The topological polar surface area (TPSA) is 84.6 Å². The van der Waals surface area contributed by atoms with Crippen molar-refractivity contribution < 1.29 is 13.9 Å². The molecular formula is C31H40FN5O2. The van der Waals surface area contributed by atoms with Crippen molar-refractivity contribution in [2.24, 2.45) is 5.73 Å². The molecule has 7 nitrogen and oxygen atoms in total. The van der Waals surface area contributed by atoms with Crippen LogP contribution in [0.5, 0.6) is 5.75 Å². The number of halogens is 1. The Bertz CT molecular complexity index is 1280. The molecule has 1 atom stereocenters. The number of rotatable bonds is 10. The van der Waals surface area contributed by atoms with Crippen LogP contribution in [0.1, 0.15) is 64.6 Å². The number of primary amides is 1. The quantitative estimate of drug-likeness (QED) is 0.389. The van der Waals surface area contributed by atoms with E-state index in [1.54, 1.807) is 18.3 Å². The summed E-state index contributed by atoms with van der Waals surface area (Å²) in [5.74, 6) is -0.522. The molecule has 1 saturated heterocycles. The van der Waals surface area contributed by atoms with E-state index < -0.39 is 5.91 Å². The minimum absolute atomic E-state index is 0.254. The number of pyridine rings is 2. The summed E-state index contributed by atoms with van der Waals surface area (Å²) in [5.41, 5.74) is 11.8. The molecule has 0 saturated carbocycles. The van der Waals surface area contributed by atoms with Crippen molar-refractivity contribution in [3.05, 3.63) is 82.2 Å². The predicted octanol–water partition coefficient (Wildman–Crippen LogP) is 5.14. The van der Waals surface area contributed by atoms with Crippen LogP contribution in [0, 0.1) is 26.6 Å². The summed E-state index contributed by atoms with van der Waals surface area (Å²) < 4.78 is 19.9. The number of benzene rings is 1. The summed E-state index contributed by atoms with van der Waals surface area (Å²) in [6, 6.07) is 9.93. The molecule has 0 aliphatic carbocycles. The molecular weight excluding hydrogens is 493 g/mol. The predicted molar refractivity (Wildman–Crippen MR) is 153 cm³/mol. The first-order chi connectivity index (χ1) is 18.7. The average molecular weight is 534 g/mol. The van der Waals surface area contributed by atoms with E-state index in [1.807, 2.05) is 38.2 Å². The fourth-order valence-corrected chi connectivity index (χ4v) is 5.70. The maximum atomic E-state index is 14.7. The molecule has 1 fully saturated rings. The molecule has 2 aromatic heterocycles. The van der Waals surface area contributed by atoms with Gasteiger partial charge in [0.15, 0.2) is 11.6 Å². The van der Waals surface area contributed by atoms with E-state index in [1.165, 1.54) is 12.7 Å². The lowest BCUT2D eigenvalue weighted by Gasteiger charge is -2.42. The third-order valence-electron chi connectivity index (χ3n) is 8.03. The maximum Gasteiger partial charge on any atom is 0.250 e. The van der Waals surface area contributed by atoms with Gasteiger partial charge in [0.1, 0.15) is 0 Å². The van der Waals surface area contributed by atoms with Gasteiger partial charge in [-0.25, -0.2) is 4.39 Å². The standard InChI is InChI=1S/C31H40FN5O2/c1-20-10-13-34-18-24(20)19-37(27-8-9-29(39-5)28(32)17-27)26-11-14-36(15-12-26)22(3)6-7-25-16-21(2)30(31(33)38)23(4)35-25/h8-10,13,16-18,22,26H,6-7,11-12,14-15,19H2,1-5H3,(H2,33,38)/t22-/m1/s1. The minimum Gasteiger partial charge on any atom is -0.494 e. The first-order valence-electron chi connectivity index (χ1n) is 13.7. The van der Waals surface area contributed by atoms with Gasteiger partial charge in [-0.15, -0.1) is 0 Å². The van der Waals surface area contributed by atoms with Gasteiger partial charge in [-0.3, -0.25) is 14.8 Å². The minimum atomic E-state index is -0.426. The van der Waals surface area contributed by atoms with Crippen molar-refractivity contribution in [2.75, 3.05) is 25.1 Å². The molecule has 0 bridgehead atoms. The normalized spacial score (nSPS) is 15.2. The molecule has 4 rings (SSSR count). The van der Waals surface area contributed by atoms with Crippen LogP contribution < -0.4 is 15.4 Å². The number of aromatic nitrogens is 2. The van der Waals surface area contributed by atoms with Gasteiger partial charge in [-0.2, -0.15) is 0 Å². The van der Waals surface area contributed by atoms with E-state index in [0.717, 1.165) is 61.3 Å². The van der Waals surface area contributed by atoms with E-state index >= 15 is 0 Å². The van der Waals surface area contributed by atoms with Crippen LogP contribution in [-0.4, -0.2) is 53.1 Å². The summed E-state index contributed by atoms with van der Waals surface area (Å²) >= 11 is 0. The lowest BCUT2D eigenvalue weighted by molar-refractivity contribution is 0.0998. The zero-order chi connectivity index (χ0) is 28.1. The second kappa shape index (κ2) is 12.6. The number of aryl methyl sites for hydroxylation is 4. The van der Waals surface area contributed by atoms with E-state index in [-0.39, 0.29) is 17.6 Å². The molecule has 0 unspecified atom stereocenters. The number of ether oxygens (including phenoxy) is 1. The number of carbonyl (C=O) groups excluding carboxylic acids is 1. The van der Waals surface area contributed by atoms with E-state index in [4.69, 9.17) is 10.5 Å². The second-order valence-corrected chi connectivity index (χ2v) is 10.7. The van der Waals surface area contributed by atoms with Crippen LogP contribution in [0.4, 0.5) is 10.1 Å². The molecule has 0 radical (unpaired) electrons. The summed E-state index contributed by atoms with van der Waals surface area (Å²) in [4.78, 5) is 25.5. The van der Waals surface area contributed by atoms with Crippen molar-refractivity contribution in [2.45, 2.75) is 72.0 Å². The molecule has 1 aliphatic rings. The molecule has 8 heteroatoms. The highest BCUT2D eigenvalue weighted by Gasteiger charge is 2.28. The molecule has 0 spiro atoms. The molecule has 3 aromatic rings. The lowest BCUT2D eigenvalue weighted by Crippen LogP contribution is -2.47. The van der Waals surface area contributed by atoms with Crippen LogP contribution in [0.15, 0.2) is 42.7 Å². The Morgan fingerprint density at radius 1 is 1.18 bits per heavy atom. The molecule has 1 aromatic carbocycles. The number of likely N-dealkylation sites (tertiary alicyclic amines) is 1. The molecule has 3 heterocycles. The molecule has 1 aliphatic heterocycles. The molecule has 2 N–H and O–H groups in total. The Labute approximate surface area is 231 Å². The maximum absolute atomic E-state index is 14.7. The molecule has 1 amide bonds. The summed E-state index contributed by atoms with van der Waals surface area (Å²) in [6.45, 7) is 10.7. The van der Waals surface area contributed by atoms with Gasteiger partial charge in [0.25, 0.3) is 5.91 Å². The number of hydrogen-bond acceptors (Lipinski definition) is 6. The highest BCUT2D eigenvalue weighted by Crippen LogP contribution is 2.30. The largest absolute Gasteiger partial charge is 0.494 e. The first-order valence-corrected chi connectivity index (χ1v) is 13.7. The van der Waals surface area contributed by atoms with Gasteiger partial charge in [-0.05, 0) is 94.3 Å². The number of anilines is 1. The van der Waals surface area contributed by atoms with Crippen LogP contribution in [0.2, 0.25) is 0 Å². The highest BCUT2D eigenvalue weighted by molar-refractivity contribution is 5.95. The monoisotopic (exact) mass is 533 g/mol. The Hall–Kier alpha value is -3.52. The molecule has 39 heavy (non-hydrogen) atoms. The Balaban J connectivity index is 1.42. The van der Waals surface area contributed by atoms with Crippen molar-refractivity contribution >= 4 is 11.6 Å². The van der Waals surface area contributed by atoms with Crippen LogP contribution in [-0.2, 0) is 13.0 Å². The third-order valence-corrected chi connectivity index (χ3v) is 8.03. The summed E-state index contributed by atoms with van der Waals surface area (Å²) in [7, 11) is 1.49. The first kappa shape index (κ1) is 28.5. The van der Waals surface area contributed by atoms with Crippen molar-refractivity contribution in [3.8, 4) is 5.75 Å². The molecule has 208 valence electrons. The summed E-state index contributed by atoms with van der Waals surface area (Å²) in [5, 5.41) is 0. The van der Waals surface area contributed by atoms with Gasteiger partial charge in [0, 0.05) is 61.6 Å². The van der Waals surface area contributed by atoms with Gasteiger partial charge < -0.3 is 20.3 Å². The number of carbonyl (C=O) groups is 1. The number of piperidine rings is 1. The zero-order valence-electron chi connectivity index (χ0n) is 23.7. The highest BCUT2D eigenvalue weighted by atomic mass is 19.1. The van der Waals surface area contributed by atoms with E-state index in [0.29, 0.717) is 23.8 Å². The van der Waals surface area contributed by atoms with Crippen LogP contribution in [0.3, 0.4) is 0 Å². The number of nitrogens with zero attached hydrogens (tertiary/aromatic N) is 4. The SMILES string of the molecule is COc1ccc(N(Cc2cnccc2C)C2CCN([C@H](C)CCc3cc(C)c(C(N)=O)c(C)n3)CC2)cc1F. The Morgan fingerprint density at radius 2 is 1.92 bits per heavy atom. The third kappa shape index (κ3) is 6.74. The number of amides is 1. The van der Waals surface area contributed by atoms with Crippen LogP contribution >= 0.6 is 0 Å². The van der Waals surface area contributed by atoms with Crippen LogP contribution in [0.25, 0.3) is 0 Å².